The van der Waals surface area contributed by atoms with Crippen molar-refractivity contribution in [2.45, 2.75) is 19.3 Å². The Morgan fingerprint density at radius 1 is 1.36 bits per heavy atom. The van der Waals surface area contributed by atoms with Crippen molar-refractivity contribution in [1.82, 2.24) is 0 Å². The molecule has 76 valence electrons. The minimum Gasteiger partial charge on any atom is -0.481 e. The zero-order chi connectivity index (χ0) is 10.8. The summed E-state index contributed by atoms with van der Waals surface area (Å²) >= 11 is 0. The minimum absolute atomic E-state index is 0.397. The molecule has 0 radical (unpaired) electrons. The van der Waals surface area contributed by atoms with Gasteiger partial charge in [0.25, 0.3) is 0 Å². The van der Waals surface area contributed by atoms with E-state index < -0.39 is 18.0 Å². The standard InChI is InChI=1S/C11H14O3/c1-8-3-5-9(6-4-8)11(2,7-12)10(13)14/h3-6,12H,7H2,1-2H3,(H,13,14). The molecule has 0 saturated carbocycles. The Kier molecular flexibility index (Phi) is 2.91. The Labute approximate surface area is 83.0 Å². The number of hydrogen-bond acceptors (Lipinski definition) is 2. The van der Waals surface area contributed by atoms with E-state index in [1.807, 2.05) is 19.1 Å². The largest absolute Gasteiger partial charge is 0.481 e. The fourth-order valence-corrected chi connectivity index (χ4v) is 1.20. The van der Waals surface area contributed by atoms with Crippen molar-refractivity contribution in [2.75, 3.05) is 6.61 Å². The minimum atomic E-state index is -1.20. The first-order chi connectivity index (χ1) is 6.50. The number of benzene rings is 1. The monoisotopic (exact) mass is 194 g/mol. The summed E-state index contributed by atoms with van der Waals surface area (Å²) in [5, 5.41) is 18.1. The Balaban J connectivity index is 3.13. The molecule has 3 nitrogen and oxygen atoms in total. The summed E-state index contributed by atoms with van der Waals surface area (Å²) in [5.74, 6) is -1.01. The molecule has 1 unspecified atom stereocenters. The molecular weight excluding hydrogens is 180 g/mol. The Bertz CT molecular complexity index is 329. The second kappa shape index (κ2) is 3.80. The molecule has 0 spiro atoms. The molecule has 0 aromatic heterocycles. The first-order valence-electron chi connectivity index (χ1n) is 4.42. The number of carboxylic acids is 1. The molecule has 0 saturated heterocycles. The van der Waals surface area contributed by atoms with Gasteiger partial charge in [-0.1, -0.05) is 29.8 Å². The van der Waals surface area contributed by atoms with Crippen LogP contribution in [0.15, 0.2) is 24.3 Å². The van der Waals surface area contributed by atoms with Crippen LogP contribution in [0, 0.1) is 6.92 Å². The highest BCUT2D eigenvalue weighted by atomic mass is 16.4. The maximum absolute atomic E-state index is 11.0. The normalized spacial score (nSPS) is 14.8. The van der Waals surface area contributed by atoms with Gasteiger partial charge in [0.05, 0.1) is 6.61 Å². The van der Waals surface area contributed by atoms with Crippen LogP contribution < -0.4 is 0 Å². The van der Waals surface area contributed by atoms with Gasteiger partial charge in [-0.2, -0.15) is 0 Å². The van der Waals surface area contributed by atoms with Gasteiger partial charge >= 0.3 is 5.97 Å². The van der Waals surface area contributed by atoms with Crippen molar-refractivity contribution in [3.05, 3.63) is 35.4 Å². The Morgan fingerprint density at radius 3 is 2.21 bits per heavy atom. The molecule has 0 fully saturated rings. The second-order valence-corrected chi connectivity index (χ2v) is 3.66. The SMILES string of the molecule is Cc1ccc(C(C)(CO)C(=O)O)cc1. The van der Waals surface area contributed by atoms with Gasteiger partial charge in [-0.25, -0.2) is 0 Å². The molecule has 0 aliphatic heterocycles. The highest BCUT2D eigenvalue weighted by Crippen LogP contribution is 2.23. The molecule has 0 amide bonds. The van der Waals surface area contributed by atoms with Crippen molar-refractivity contribution in [1.29, 1.82) is 0 Å². The molecule has 1 rings (SSSR count). The lowest BCUT2D eigenvalue weighted by atomic mass is 9.83. The third-order valence-electron chi connectivity index (χ3n) is 2.48. The fourth-order valence-electron chi connectivity index (χ4n) is 1.20. The van der Waals surface area contributed by atoms with Crippen LogP contribution in [0.3, 0.4) is 0 Å². The van der Waals surface area contributed by atoms with Gasteiger partial charge in [-0.15, -0.1) is 0 Å². The predicted octanol–water partition coefficient (Wildman–Crippen LogP) is 1.33. The molecule has 3 heteroatoms. The van der Waals surface area contributed by atoms with E-state index in [4.69, 9.17) is 10.2 Å². The zero-order valence-corrected chi connectivity index (χ0v) is 8.32. The summed E-state index contributed by atoms with van der Waals surface area (Å²) in [7, 11) is 0. The predicted molar refractivity (Wildman–Crippen MR) is 53.3 cm³/mol. The maximum Gasteiger partial charge on any atom is 0.316 e. The van der Waals surface area contributed by atoms with E-state index in [0.717, 1.165) is 5.56 Å². The first-order valence-corrected chi connectivity index (χ1v) is 4.42. The van der Waals surface area contributed by atoms with Gasteiger partial charge in [0.15, 0.2) is 0 Å². The third-order valence-corrected chi connectivity index (χ3v) is 2.48. The van der Waals surface area contributed by atoms with Crippen LogP contribution in [0.2, 0.25) is 0 Å². The summed E-state index contributed by atoms with van der Waals surface area (Å²) in [5.41, 5.74) is 0.491. The zero-order valence-electron chi connectivity index (χ0n) is 8.32. The van der Waals surface area contributed by atoms with Crippen molar-refractivity contribution in [3.8, 4) is 0 Å². The molecule has 0 aliphatic carbocycles. The van der Waals surface area contributed by atoms with Gasteiger partial charge in [-0.05, 0) is 19.4 Å². The smallest absolute Gasteiger partial charge is 0.316 e. The summed E-state index contributed by atoms with van der Waals surface area (Å²) in [6.07, 6.45) is 0. The van der Waals surface area contributed by atoms with Gasteiger partial charge < -0.3 is 10.2 Å². The van der Waals surface area contributed by atoms with Crippen molar-refractivity contribution in [3.63, 3.8) is 0 Å². The molecule has 0 aliphatic rings. The van der Waals surface area contributed by atoms with Crippen molar-refractivity contribution in [2.24, 2.45) is 0 Å². The lowest BCUT2D eigenvalue weighted by Gasteiger charge is -2.22. The van der Waals surface area contributed by atoms with Gasteiger partial charge in [0.2, 0.25) is 0 Å². The summed E-state index contributed by atoms with van der Waals surface area (Å²) in [6, 6.07) is 7.15. The molecule has 1 aromatic carbocycles. The van der Waals surface area contributed by atoms with E-state index in [2.05, 4.69) is 0 Å². The van der Waals surface area contributed by atoms with Gasteiger partial charge in [-0.3, -0.25) is 4.79 Å². The lowest BCUT2D eigenvalue weighted by molar-refractivity contribution is -0.144. The average Bonchev–Trinajstić information content (AvgIpc) is 2.17. The number of hydrogen-bond donors (Lipinski definition) is 2. The molecular formula is C11H14O3. The Hall–Kier alpha value is -1.35. The molecule has 1 atom stereocenters. The van der Waals surface area contributed by atoms with Crippen LogP contribution in [-0.2, 0) is 10.2 Å². The lowest BCUT2D eigenvalue weighted by Crippen LogP contribution is -2.36. The first kappa shape index (κ1) is 10.7. The van der Waals surface area contributed by atoms with Gasteiger partial charge in [0.1, 0.15) is 5.41 Å². The number of rotatable bonds is 3. The topological polar surface area (TPSA) is 57.5 Å². The Morgan fingerprint density at radius 2 is 1.86 bits per heavy atom. The van der Waals surface area contributed by atoms with E-state index >= 15 is 0 Å². The fraction of sp³-hybridized carbons (Fsp3) is 0.364. The quantitative estimate of drug-likeness (QED) is 0.763. The number of aliphatic hydroxyl groups is 1. The van der Waals surface area contributed by atoms with Crippen LogP contribution in [-0.4, -0.2) is 22.8 Å². The molecule has 2 N–H and O–H groups in total. The molecule has 1 aromatic rings. The van der Waals surface area contributed by atoms with Gasteiger partial charge in [0, 0.05) is 0 Å². The van der Waals surface area contributed by atoms with E-state index in [9.17, 15) is 4.79 Å². The van der Waals surface area contributed by atoms with Crippen LogP contribution in [0.5, 0.6) is 0 Å². The number of carboxylic acid groups (broad SMARTS) is 1. The highest BCUT2D eigenvalue weighted by molar-refractivity contribution is 5.81. The number of aliphatic carboxylic acids is 1. The van der Waals surface area contributed by atoms with Crippen LogP contribution in [0.25, 0.3) is 0 Å². The second-order valence-electron chi connectivity index (χ2n) is 3.66. The average molecular weight is 194 g/mol. The van der Waals surface area contributed by atoms with Crippen LogP contribution in [0.4, 0.5) is 0 Å². The highest BCUT2D eigenvalue weighted by Gasteiger charge is 2.34. The van der Waals surface area contributed by atoms with E-state index in [1.165, 1.54) is 6.92 Å². The van der Waals surface area contributed by atoms with Crippen LogP contribution >= 0.6 is 0 Å². The van der Waals surface area contributed by atoms with Crippen molar-refractivity contribution >= 4 is 5.97 Å². The summed E-state index contributed by atoms with van der Waals surface area (Å²) in [6.45, 7) is 3.05. The number of aliphatic hydroxyl groups excluding tert-OH is 1. The number of carbonyl (C=O) groups is 1. The van der Waals surface area contributed by atoms with Crippen LogP contribution in [0.1, 0.15) is 18.1 Å². The molecule has 0 bridgehead atoms. The number of aryl methyl sites for hydroxylation is 1. The molecule has 14 heavy (non-hydrogen) atoms. The summed E-state index contributed by atoms with van der Waals surface area (Å²) in [4.78, 5) is 11.0. The summed E-state index contributed by atoms with van der Waals surface area (Å²) < 4.78 is 0. The maximum atomic E-state index is 11.0. The third kappa shape index (κ3) is 1.77. The van der Waals surface area contributed by atoms with E-state index in [0.29, 0.717) is 5.56 Å². The van der Waals surface area contributed by atoms with E-state index in [1.54, 1.807) is 12.1 Å². The van der Waals surface area contributed by atoms with Crippen molar-refractivity contribution < 1.29 is 15.0 Å². The van der Waals surface area contributed by atoms with E-state index in [-0.39, 0.29) is 0 Å². The molecule has 0 heterocycles.